The van der Waals surface area contributed by atoms with Crippen molar-refractivity contribution in [3.05, 3.63) is 46.3 Å². The molecule has 0 radical (unpaired) electrons. The molecule has 1 atom stereocenters. The van der Waals surface area contributed by atoms with Gasteiger partial charge in [-0.3, -0.25) is 0 Å². The Morgan fingerprint density at radius 2 is 1.70 bits per heavy atom. The molecule has 1 N–H and O–H groups in total. The zero-order chi connectivity index (χ0) is 14.9. The van der Waals surface area contributed by atoms with E-state index in [0.29, 0.717) is 0 Å². The van der Waals surface area contributed by atoms with Gasteiger partial charge in [-0.15, -0.1) is 11.3 Å². The Morgan fingerprint density at radius 1 is 1.10 bits per heavy atom. The van der Waals surface area contributed by atoms with E-state index < -0.39 is 28.8 Å². The highest BCUT2D eigenvalue weighted by Crippen LogP contribution is 2.36. The smallest absolute Gasteiger partial charge is 0.170 e. The van der Waals surface area contributed by atoms with E-state index in [2.05, 4.69) is 5.32 Å². The molecule has 1 aromatic heterocycles. The number of thiophene rings is 1. The number of nitrogens with one attached hydrogen (secondary N) is 1. The van der Waals surface area contributed by atoms with Gasteiger partial charge < -0.3 is 5.32 Å². The van der Waals surface area contributed by atoms with Crippen LogP contribution in [-0.4, -0.2) is 6.54 Å². The van der Waals surface area contributed by atoms with Crippen molar-refractivity contribution < 1.29 is 17.6 Å². The molecule has 1 nitrogen and oxygen atoms in total. The first-order valence-corrected chi connectivity index (χ1v) is 6.93. The number of halogens is 4. The van der Waals surface area contributed by atoms with Crippen LogP contribution in [0.2, 0.25) is 0 Å². The van der Waals surface area contributed by atoms with E-state index in [1.807, 2.05) is 13.8 Å². The van der Waals surface area contributed by atoms with E-state index in [4.69, 9.17) is 0 Å². The van der Waals surface area contributed by atoms with Crippen LogP contribution in [0.15, 0.2) is 18.2 Å². The van der Waals surface area contributed by atoms with Crippen LogP contribution in [0.5, 0.6) is 0 Å². The second-order valence-electron chi connectivity index (χ2n) is 4.32. The quantitative estimate of drug-likeness (QED) is 0.641. The van der Waals surface area contributed by atoms with Crippen LogP contribution in [0.25, 0.3) is 10.4 Å². The zero-order valence-electron chi connectivity index (χ0n) is 10.9. The van der Waals surface area contributed by atoms with E-state index in [1.54, 1.807) is 6.07 Å². The lowest BCUT2D eigenvalue weighted by atomic mass is 10.1. The normalized spacial score (nSPS) is 12.7. The summed E-state index contributed by atoms with van der Waals surface area (Å²) in [6.45, 7) is 4.58. The highest BCUT2D eigenvalue weighted by molar-refractivity contribution is 7.15. The van der Waals surface area contributed by atoms with Crippen molar-refractivity contribution in [1.82, 2.24) is 5.32 Å². The molecule has 0 spiro atoms. The minimum absolute atomic E-state index is 0.00304. The van der Waals surface area contributed by atoms with Gasteiger partial charge in [0.2, 0.25) is 0 Å². The average Bonchev–Trinajstić information content (AvgIpc) is 2.87. The van der Waals surface area contributed by atoms with Crippen molar-refractivity contribution in [3.8, 4) is 10.4 Å². The molecule has 0 saturated heterocycles. The molecular formula is C14H13F4NS. The fraction of sp³-hybridized carbons (Fsp3) is 0.286. The third-order valence-electron chi connectivity index (χ3n) is 2.92. The fourth-order valence-electron chi connectivity index (χ4n) is 1.92. The average molecular weight is 303 g/mol. The maximum absolute atomic E-state index is 13.7. The summed E-state index contributed by atoms with van der Waals surface area (Å²) in [5, 5.41) is 3.15. The van der Waals surface area contributed by atoms with Gasteiger partial charge in [-0.1, -0.05) is 6.92 Å². The predicted molar refractivity (Wildman–Crippen MR) is 71.7 cm³/mol. The van der Waals surface area contributed by atoms with Crippen molar-refractivity contribution in [2.75, 3.05) is 6.54 Å². The lowest BCUT2D eigenvalue weighted by Gasteiger charge is -2.09. The Bertz CT molecular complexity index is 598. The lowest BCUT2D eigenvalue weighted by Crippen LogP contribution is -2.16. The van der Waals surface area contributed by atoms with Crippen molar-refractivity contribution in [2.24, 2.45) is 0 Å². The van der Waals surface area contributed by atoms with Crippen LogP contribution in [0.3, 0.4) is 0 Å². The Labute approximate surface area is 118 Å². The highest BCUT2D eigenvalue weighted by atomic mass is 32.1. The summed E-state index contributed by atoms with van der Waals surface area (Å²) in [4.78, 5) is 1.00. The van der Waals surface area contributed by atoms with E-state index in [1.165, 1.54) is 6.07 Å². The predicted octanol–water partition coefficient (Wildman–Crippen LogP) is 4.64. The second-order valence-corrected chi connectivity index (χ2v) is 5.44. The third kappa shape index (κ3) is 2.71. The fourth-order valence-corrected chi connectivity index (χ4v) is 2.98. The van der Waals surface area contributed by atoms with Crippen molar-refractivity contribution in [2.45, 2.75) is 19.9 Å². The van der Waals surface area contributed by atoms with E-state index >= 15 is 0 Å². The summed E-state index contributed by atoms with van der Waals surface area (Å²) < 4.78 is 53.8. The lowest BCUT2D eigenvalue weighted by molar-refractivity contribution is 0.458. The standard InChI is InChI=1S/C14H13F4NS/c1-3-19-7(2)10-4-5-11(20-10)12-13(17)8(15)6-9(16)14(12)18/h4-7,19H,3H2,1-2H3. The SMILES string of the molecule is CCNC(C)c1ccc(-c2c(F)c(F)cc(F)c2F)s1. The first-order chi connectivity index (χ1) is 9.45. The van der Waals surface area contributed by atoms with E-state index in [9.17, 15) is 17.6 Å². The van der Waals surface area contributed by atoms with E-state index in [0.717, 1.165) is 22.8 Å². The minimum Gasteiger partial charge on any atom is -0.310 e. The Balaban J connectivity index is 2.48. The first kappa shape index (κ1) is 15.0. The molecule has 1 aromatic carbocycles. The van der Waals surface area contributed by atoms with Crippen molar-refractivity contribution >= 4 is 11.3 Å². The number of hydrogen-bond donors (Lipinski definition) is 1. The van der Waals surface area contributed by atoms with Crippen molar-refractivity contribution in [3.63, 3.8) is 0 Å². The van der Waals surface area contributed by atoms with Gasteiger partial charge in [0, 0.05) is 21.9 Å². The third-order valence-corrected chi connectivity index (χ3v) is 4.21. The van der Waals surface area contributed by atoms with Crippen LogP contribution < -0.4 is 5.32 Å². The van der Waals surface area contributed by atoms with Gasteiger partial charge in [-0.25, -0.2) is 17.6 Å². The molecule has 0 aliphatic heterocycles. The van der Waals surface area contributed by atoms with E-state index in [-0.39, 0.29) is 17.0 Å². The first-order valence-electron chi connectivity index (χ1n) is 6.12. The molecule has 2 aromatic rings. The largest absolute Gasteiger partial charge is 0.310 e. The molecule has 0 aliphatic rings. The number of hydrogen-bond acceptors (Lipinski definition) is 2. The summed E-state index contributed by atoms with van der Waals surface area (Å²) >= 11 is 1.10. The second kappa shape index (κ2) is 5.93. The molecule has 0 aliphatic carbocycles. The highest BCUT2D eigenvalue weighted by Gasteiger charge is 2.22. The zero-order valence-corrected chi connectivity index (χ0v) is 11.8. The maximum atomic E-state index is 13.7. The molecular weight excluding hydrogens is 290 g/mol. The van der Waals surface area contributed by atoms with Gasteiger partial charge in [0.25, 0.3) is 0 Å². The molecule has 0 saturated carbocycles. The summed E-state index contributed by atoms with van der Waals surface area (Å²) in [6, 6.07) is 3.37. The van der Waals surface area contributed by atoms with Crippen molar-refractivity contribution in [1.29, 1.82) is 0 Å². The maximum Gasteiger partial charge on any atom is 0.170 e. The Morgan fingerprint density at radius 3 is 2.25 bits per heavy atom. The Hall–Kier alpha value is -1.40. The van der Waals surface area contributed by atoms with Crippen LogP contribution in [0.1, 0.15) is 24.8 Å². The van der Waals surface area contributed by atoms with Crippen LogP contribution >= 0.6 is 11.3 Å². The molecule has 0 fully saturated rings. The molecule has 6 heteroatoms. The molecule has 1 unspecified atom stereocenters. The molecule has 0 bridgehead atoms. The summed E-state index contributed by atoms with van der Waals surface area (Å²) in [6.07, 6.45) is 0. The minimum atomic E-state index is -1.39. The molecule has 2 rings (SSSR count). The van der Waals surface area contributed by atoms with Crippen LogP contribution in [0, 0.1) is 23.3 Å². The van der Waals surface area contributed by atoms with Crippen LogP contribution in [-0.2, 0) is 0 Å². The summed E-state index contributed by atoms with van der Waals surface area (Å²) in [7, 11) is 0. The van der Waals surface area contributed by atoms with Gasteiger partial charge in [-0.2, -0.15) is 0 Å². The number of benzene rings is 1. The Kier molecular flexibility index (Phi) is 4.45. The number of rotatable bonds is 4. The molecule has 20 heavy (non-hydrogen) atoms. The summed E-state index contributed by atoms with van der Waals surface area (Å²) in [5.41, 5.74) is -0.651. The van der Waals surface area contributed by atoms with Gasteiger partial charge in [0.05, 0.1) is 5.56 Å². The summed E-state index contributed by atoms with van der Waals surface area (Å²) in [5.74, 6) is -5.52. The van der Waals surface area contributed by atoms with Gasteiger partial charge in [-0.05, 0) is 25.6 Å². The molecule has 0 amide bonds. The van der Waals surface area contributed by atoms with Gasteiger partial charge >= 0.3 is 0 Å². The van der Waals surface area contributed by atoms with Gasteiger partial charge in [0.1, 0.15) is 0 Å². The molecule has 108 valence electrons. The van der Waals surface area contributed by atoms with Gasteiger partial charge in [0.15, 0.2) is 23.3 Å². The monoisotopic (exact) mass is 303 g/mol. The van der Waals surface area contributed by atoms with Crippen LogP contribution in [0.4, 0.5) is 17.6 Å². The molecule has 1 heterocycles. The topological polar surface area (TPSA) is 12.0 Å².